The summed E-state index contributed by atoms with van der Waals surface area (Å²) in [6.07, 6.45) is 6.32. The first-order valence-corrected chi connectivity index (χ1v) is 5.93. The van der Waals surface area contributed by atoms with Gasteiger partial charge in [-0.15, -0.1) is 6.42 Å². The van der Waals surface area contributed by atoms with Crippen molar-refractivity contribution in [2.75, 3.05) is 19.0 Å². The van der Waals surface area contributed by atoms with Crippen molar-refractivity contribution < 1.29 is 14.3 Å². The standard InChI is InChI=1S/C13H17N3O4/c1-5-9-8-14-11(17)15-10(9)16-12(18)20-7-6-13(2,3)19-4/h1,8H,6-7H2,2-4H3,(H2,14,15,16,17,18). The number of methoxy groups -OCH3 is 1. The monoisotopic (exact) mass is 279 g/mol. The van der Waals surface area contributed by atoms with Crippen molar-refractivity contribution >= 4 is 11.9 Å². The molecule has 0 unspecified atom stereocenters. The van der Waals surface area contributed by atoms with Crippen LogP contribution in [0.25, 0.3) is 0 Å². The van der Waals surface area contributed by atoms with Gasteiger partial charge in [-0.2, -0.15) is 4.98 Å². The summed E-state index contributed by atoms with van der Waals surface area (Å²) in [5.74, 6) is 2.29. The van der Waals surface area contributed by atoms with E-state index in [9.17, 15) is 9.59 Å². The van der Waals surface area contributed by atoms with Gasteiger partial charge in [0.1, 0.15) is 0 Å². The number of nitrogens with zero attached hydrogens (tertiary/aromatic N) is 1. The number of carbonyl (C=O) groups is 1. The van der Waals surface area contributed by atoms with E-state index in [0.29, 0.717) is 6.42 Å². The molecule has 0 aromatic carbocycles. The molecule has 0 spiro atoms. The highest BCUT2D eigenvalue weighted by atomic mass is 16.6. The molecule has 0 saturated heterocycles. The van der Waals surface area contributed by atoms with E-state index in [2.05, 4.69) is 21.2 Å². The van der Waals surface area contributed by atoms with Gasteiger partial charge in [0.2, 0.25) is 0 Å². The first-order valence-electron chi connectivity index (χ1n) is 5.93. The van der Waals surface area contributed by atoms with Crippen molar-refractivity contribution in [1.82, 2.24) is 9.97 Å². The van der Waals surface area contributed by atoms with E-state index in [0.717, 1.165) is 0 Å². The van der Waals surface area contributed by atoms with Crippen molar-refractivity contribution in [2.45, 2.75) is 25.9 Å². The predicted molar refractivity (Wildman–Crippen MR) is 73.5 cm³/mol. The number of aromatic nitrogens is 2. The highest BCUT2D eigenvalue weighted by Gasteiger charge is 2.17. The second-order valence-electron chi connectivity index (χ2n) is 4.59. The Morgan fingerprint density at radius 3 is 2.90 bits per heavy atom. The molecule has 1 rings (SSSR count). The van der Waals surface area contributed by atoms with Gasteiger partial charge in [-0.25, -0.2) is 9.59 Å². The van der Waals surface area contributed by atoms with Crippen LogP contribution in [0.3, 0.4) is 0 Å². The number of terminal acetylenes is 1. The molecule has 7 heteroatoms. The Labute approximate surface area is 116 Å². The number of H-pyrrole nitrogens is 1. The molecule has 0 radical (unpaired) electrons. The normalized spacial score (nSPS) is 10.7. The van der Waals surface area contributed by atoms with Gasteiger partial charge in [-0.05, 0) is 13.8 Å². The van der Waals surface area contributed by atoms with Crippen LogP contribution in [0, 0.1) is 12.3 Å². The minimum atomic E-state index is -0.730. The Hall–Kier alpha value is -2.33. The summed E-state index contributed by atoms with van der Waals surface area (Å²) in [5, 5.41) is 2.33. The molecule has 7 nitrogen and oxygen atoms in total. The molecule has 1 aromatic rings. The number of rotatable bonds is 5. The fourth-order valence-electron chi connectivity index (χ4n) is 1.23. The van der Waals surface area contributed by atoms with Gasteiger partial charge in [-0.3, -0.25) is 5.32 Å². The molecule has 108 valence electrons. The minimum absolute atomic E-state index is 0.00717. The second-order valence-corrected chi connectivity index (χ2v) is 4.59. The third-order valence-electron chi connectivity index (χ3n) is 2.67. The Morgan fingerprint density at radius 1 is 1.60 bits per heavy atom. The smallest absolute Gasteiger partial charge is 0.412 e. The SMILES string of the molecule is C#Cc1c[nH]c(=O)nc1NC(=O)OCCC(C)(C)OC. The molecule has 1 heterocycles. The molecule has 1 amide bonds. The minimum Gasteiger partial charge on any atom is -0.449 e. The summed E-state index contributed by atoms with van der Waals surface area (Å²) in [5.41, 5.74) is -0.731. The molecule has 20 heavy (non-hydrogen) atoms. The van der Waals surface area contributed by atoms with Crippen LogP contribution in [0.15, 0.2) is 11.0 Å². The number of nitrogens with one attached hydrogen (secondary N) is 2. The van der Waals surface area contributed by atoms with Gasteiger partial charge in [-0.1, -0.05) is 5.92 Å². The van der Waals surface area contributed by atoms with Crippen molar-refractivity contribution in [3.05, 3.63) is 22.2 Å². The molecule has 0 aliphatic carbocycles. The van der Waals surface area contributed by atoms with E-state index in [1.165, 1.54) is 6.20 Å². The maximum absolute atomic E-state index is 11.6. The van der Waals surface area contributed by atoms with Crippen LogP contribution in [-0.4, -0.2) is 35.4 Å². The number of ether oxygens (including phenoxy) is 2. The van der Waals surface area contributed by atoms with Crippen LogP contribution < -0.4 is 11.0 Å². The summed E-state index contributed by atoms with van der Waals surface area (Å²) >= 11 is 0. The van der Waals surface area contributed by atoms with Crippen molar-refractivity contribution in [1.29, 1.82) is 0 Å². The van der Waals surface area contributed by atoms with Crippen molar-refractivity contribution in [3.8, 4) is 12.3 Å². The summed E-state index contributed by atoms with van der Waals surface area (Å²) in [4.78, 5) is 28.5. The van der Waals surface area contributed by atoms with E-state index in [4.69, 9.17) is 15.9 Å². The summed E-state index contributed by atoms with van der Waals surface area (Å²) < 4.78 is 10.2. The number of hydrogen-bond donors (Lipinski definition) is 2. The predicted octanol–water partition coefficient (Wildman–Crippen LogP) is 1.11. The van der Waals surface area contributed by atoms with Gasteiger partial charge in [0.15, 0.2) is 5.82 Å². The maximum atomic E-state index is 11.6. The summed E-state index contributed by atoms with van der Waals surface area (Å²) in [7, 11) is 1.58. The summed E-state index contributed by atoms with van der Waals surface area (Å²) in [6, 6.07) is 0. The van der Waals surface area contributed by atoms with Crippen LogP contribution in [0.1, 0.15) is 25.8 Å². The number of hydrogen-bond acceptors (Lipinski definition) is 5. The van der Waals surface area contributed by atoms with E-state index < -0.39 is 11.8 Å². The van der Waals surface area contributed by atoms with Gasteiger partial charge in [0.05, 0.1) is 17.8 Å². The van der Waals surface area contributed by atoms with Gasteiger partial charge >= 0.3 is 11.8 Å². The molecule has 0 fully saturated rings. The average molecular weight is 279 g/mol. The van der Waals surface area contributed by atoms with Crippen LogP contribution in [-0.2, 0) is 9.47 Å². The van der Waals surface area contributed by atoms with Gasteiger partial charge in [0.25, 0.3) is 0 Å². The maximum Gasteiger partial charge on any atom is 0.412 e. The van der Waals surface area contributed by atoms with Crippen LogP contribution in [0.5, 0.6) is 0 Å². The zero-order valence-electron chi connectivity index (χ0n) is 11.6. The molecule has 0 aliphatic rings. The zero-order chi connectivity index (χ0) is 15.2. The van der Waals surface area contributed by atoms with E-state index in [1.807, 2.05) is 13.8 Å². The van der Waals surface area contributed by atoms with Gasteiger partial charge in [0, 0.05) is 19.7 Å². The van der Waals surface area contributed by atoms with Crippen LogP contribution >= 0.6 is 0 Å². The quantitative estimate of drug-likeness (QED) is 0.788. The van der Waals surface area contributed by atoms with Crippen LogP contribution in [0.2, 0.25) is 0 Å². The molecule has 0 atom stereocenters. The van der Waals surface area contributed by atoms with Crippen molar-refractivity contribution in [2.24, 2.45) is 0 Å². The number of carbonyl (C=O) groups excluding carboxylic acids is 1. The lowest BCUT2D eigenvalue weighted by Gasteiger charge is -2.22. The molecule has 0 bridgehead atoms. The molecular weight excluding hydrogens is 262 g/mol. The highest BCUT2D eigenvalue weighted by molar-refractivity contribution is 5.84. The first-order chi connectivity index (χ1) is 9.38. The topological polar surface area (TPSA) is 93.3 Å². The third kappa shape index (κ3) is 4.74. The average Bonchev–Trinajstić information content (AvgIpc) is 2.39. The molecule has 0 aliphatic heterocycles. The second kappa shape index (κ2) is 6.73. The van der Waals surface area contributed by atoms with Gasteiger partial charge < -0.3 is 14.5 Å². The van der Waals surface area contributed by atoms with Crippen molar-refractivity contribution in [3.63, 3.8) is 0 Å². The lowest BCUT2D eigenvalue weighted by molar-refractivity contribution is 0.00124. The van der Waals surface area contributed by atoms with E-state index in [1.54, 1.807) is 7.11 Å². The van der Waals surface area contributed by atoms with E-state index in [-0.39, 0.29) is 23.6 Å². The lowest BCUT2D eigenvalue weighted by Crippen LogP contribution is -2.26. The Morgan fingerprint density at radius 2 is 2.30 bits per heavy atom. The summed E-state index contributed by atoms with van der Waals surface area (Å²) in [6.45, 7) is 3.92. The fourth-order valence-corrected chi connectivity index (χ4v) is 1.23. The molecular formula is C13H17N3O4. The Kier molecular flexibility index (Phi) is 5.29. The largest absolute Gasteiger partial charge is 0.449 e. The molecule has 2 N–H and O–H groups in total. The van der Waals surface area contributed by atoms with Crippen LogP contribution in [0.4, 0.5) is 10.6 Å². The van der Waals surface area contributed by atoms with E-state index >= 15 is 0 Å². The molecule has 0 saturated carbocycles. The number of amides is 1. The first kappa shape index (κ1) is 15.7. The Bertz CT molecular complexity index is 572. The third-order valence-corrected chi connectivity index (χ3v) is 2.67. The highest BCUT2D eigenvalue weighted by Crippen LogP contribution is 2.13. The molecule has 1 aromatic heterocycles. The fraction of sp³-hybridized carbons (Fsp3) is 0.462. The lowest BCUT2D eigenvalue weighted by atomic mass is 10.1. The number of aromatic amines is 1. The Balaban J connectivity index is 2.58. The number of anilines is 1. The zero-order valence-corrected chi connectivity index (χ0v) is 11.6.